The van der Waals surface area contributed by atoms with Crippen LogP contribution in [0.15, 0.2) is 60.7 Å². The Morgan fingerprint density at radius 2 is 1.71 bits per heavy atom. The molecule has 3 aromatic carbocycles. The molecule has 0 aliphatic rings. The summed E-state index contributed by atoms with van der Waals surface area (Å²) in [6.07, 6.45) is 2.41. The first-order valence-corrected chi connectivity index (χ1v) is 12.6. The molecule has 0 bridgehead atoms. The molecule has 0 fully saturated rings. The monoisotopic (exact) mass is 509 g/mol. The lowest BCUT2D eigenvalue weighted by atomic mass is 10.1. The number of halogens is 2. The Kier molecular flexibility index (Phi) is 8.32. The predicted molar refractivity (Wildman–Crippen MR) is 143 cm³/mol. The first kappa shape index (κ1) is 25.1. The van der Waals surface area contributed by atoms with Crippen LogP contribution in [0, 0.1) is 13.8 Å². The summed E-state index contributed by atoms with van der Waals surface area (Å²) < 4.78 is 8.26. The van der Waals surface area contributed by atoms with Crippen molar-refractivity contribution in [3.63, 3.8) is 0 Å². The second-order valence-corrected chi connectivity index (χ2v) is 9.42. The third kappa shape index (κ3) is 6.36. The number of ether oxygens (including phenoxy) is 1. The second kappa shape index (κ2) is 11.6. The zero-order valence-electron chi connectivity index (χ0n) is 20.0. The molecule has 4 aromatic rings. The van der Waals surface area contributed by atoms with Gasteiger partial charge in [-0.15, -0.1) is 0 Å². The highest BCUT2D eigenvalue weighted by molar-refractivity contribution is 6.32. The quantitative estimate of drug-likeness (QED) is 0.239. The fourth-order valence-electron chi connectivity index (χ4n) is 4.12. The third-order valence-electron chi connectivity index (χ3n) is 5.91. The van der Waals surface area contributed by atoms with Crippen molar-refractivity contribution in [3.8, 4) is 5.75 Å². The van der Waals surface area contributed by atoms with Crippen LogP contribution in [0.1, 0.15) is 40.2 Å². The SMILES string of the molecule is Cc1cc(OCCCn2c(CCCNC(=O)c3ccc(Cl)cc3)nc3ccccc32)cc(C)c1Cl. The van der Waals surface area contributed by atoms with Gasteiger partial charge in [-0.3, -0.25) is 4.79 Å². The molecule has 0 saturated heterocycles. The van der Waals surface area contributed by atoms with Crippen molar-refractivity contribution in [3.05, 3.63) is 93.2 Å². The number of benzene rings is 3. The molecule has 0 spiro atoms. The van der Waals surface area contributed by atoms with Crippen LogP contribution in [0.25, 0.3) is 11.0 Å². The number of carbonyl (C=O) groups is 1. The van der Waals surface area contributed by atoms with E-state index in [1.54, 1.807) is 24.3 Å². The van der Waals surface area contributed by atoms with Crippen molar-refractivity contribution < 1.29 is 9.53 Å². The Labute approximate surface area is 216 Å². The molecular weight excluding hydrogens is 481 g/mol. The highest BCUT2D eigenvalue weighted by atomic mass is 35.5. The lowest BCUT2D eigenvalue weighted by Gasteiger charge is -2.12. The Balaban J connectivity index is 1.33. The average Bonchev–Trinajstić information content (AvgIpc) is 3.20. The van der Waals surface area contributed by atoms with Crippen molar-refractivity contribution in [2.75, 3.05) is 13.2 Å². The van der Waals surface area contributed by atoms with Crippen LogP contribution in [0.2, 0.25) is 10.0 Å². The lowest BCUT2D eigenvalue weighted by Crippen LogP contribution is -2.25. The van der Waals surface area contributed by atoms with Crippen molar-refractivity contribution in [1.29, 1.82) is 0 Å². The van der Waals surface area contributed by atoms with E-state index in [1.807, 2.05) is 44.2 Å². The highest BCUT2D eigenvalue weighted by Crippen LogP contribution is 2.26. The predicted octanol–water partition coefficient (Wildman–Crippen LogP) is 6.79. The maximum absolute atomic E-state index is 12.3. The molecule has 4 rings (SSSR count). The summed E-state index contributed by atoms with van der Waals surface area (Å²) in [6.45, 7) is 5.96. The number of hydrogen-bond donors (Lipinski definition) is 1. The van der Waals surface area contributed by atoms with Crippen LogP contribution in [0.4, 0.5) is 0 Å². The molecule has 1 N–H and O–H groups in total. The van der Waals surface area contributed by atoms with E-state index < -0.39 is 0 Å². The minimum atomic E-state index is -0.0972. The van der Waals surface area contributed by atoms with Crippen molar-refractivity contribution in [2.24, 2.45) is 0 Å². The van der Waals surface area contributed by atoms with Crippen LogP contribution in [-0.2, 0) is 13.0 Å². The van der Waals surface area contributed by atoms with Gasteiger partial charge in [0.2, 0.25) is 0 Å². The third-order valence-corrected chi connectivity index (χ3v) is 6.76. The molecule has 0 aliphatic heterocycles. The molecule has 5 nitrogen and oxygen atoms in total. The molecule has 0 unspecified atom stereocenters. The Bertz CT molecular complexity index is 1290. The first-order valence-electron chi connectivity index (χ1n) is 11.8. The zero-order chi connectivity index (χ0) is 24.8. The summed E-state index contributed by atoms with van der Waals surface area (Å²) in [5.41, 5.74) is 4.75. The maximum Gasteiger partial charge on any atom is 0.251 e. The number of fused-ring (bicyclic) bond motifs is 1. The summed E-state index contributed by atoms with van der Waals surface area (Å²) in [5.74, 6) is 1.77. The van der Waals surface area contributed by atoms with E-state index in [0.29, 0.717) is 23.7 Å². The molecule has 0 atom stereocenters. The van der Waals surface area contributed by atoms with E-state index >= 15 is 0 Å². The molecule has 1 amide bonds. The maximum atomic E-state index is 12.3. The van der Waals surface area contributed by atoms with Gasteiger partial charge in [0.1, 0.15) is 11.6 Å². The van der Waals surface area contributed by atoms with Gasteiger partial charge in [-0.1, -0.05) is 35.3 Å². The summed E-state index contributed by atoms with van der Waals surface area (Å²) in [4.78, 5) is 17.2. The number of aromatic nitrogens is 2. The van der Waals surface area contributed by atoms with Crippen LogP contribution in [-0.4, -0.2) is 28.6 Å². The van der Waals surface area contributed by atoms with Crippen LogP contribution in [0.3, 0.4) is 0 Å². The Morgan fingerprint density at radius 1 is 1.00 bits per heavy atom. The van der Waals surface area contributed by atoms with E-state index in [2.05, 4.69) is 16.0 Å². The molecule has 7 heteroatoms. The normalized spacial score (nSPS) is 11.1. The van der Waals surface area contributed by atoms with Crippen molar-refractivity contribution in [1.82, 2.24) is 14.9 Å². The molecule has 1 heterocycles. The van der Waals surface area contributed by atoms with Gasteiger partial charge in [-0.25, -0.2) is 4.98 Å². The molecule has 0 aliphatic carbocycles. The molecule has 1 aromatic heterocycles. The summed E-state index contributed by atoms with van der Waals surface area (Å²) in [7, 11) is 0. The number of nitrogens with zero attached hydrogens (tertiary/aromatic N) is 2. The van der Waals surface area contributed by atoms with Gasteiger partial charge in [0.15, 0.2) is 0 Å². The van der Waals surface area contributed by atoms with Gasteiger partial charge < -0.3 is 14.6 Å². The van der Waals surface area contributed by atoms with Crippen LogP contribution < -0.4 is 10.1 Å². The minimum absolute atomic E-state index is 0.0972. The van der Waals surface area contributed by atoms with Gasteiger partial charge in [-0.2, -0.15) is 0 Å². The first-order chi connectivity index (χ1) is 16.9. The minimum Gasteiger partial charge on any atom is -0.494 e. The van der Waals surface area contributed by atoms with Crippen molar-refractivity contribution in [2.45, 2.75) is 39.7 Å². The average molecular weight is 510 g/mol. The molecule has 0 radical (unpaired) electrons. The summed E-state index contributed by atoms with van der Waals surface area (Å²) >= 11 is 12.2. The van der Waals surface area contributed by atoms with Gasteiger partial charge in [0.25, 0.3) is 5.91 Å². The van der Waals surface area contributed by atoms with Gasteiger partial charge in [-0.05, 0) is 86.3 Å². The highest BCUT2D eigenvalue weighted by Gasteiger charge is 2.11. The Hall–Kier alpha value is -3.02. The number of aryl methyl sites for hydroxylation is 4. The van der Waals surface area contributed by atoms with E-state index in [-0.39, 0.29) is 5.91 Å². The number of carbonyl (C=O) groups excluding carboxylic acids is 1. The van der Waals surface area contributed by atoms with Crippen LogP contribution in [0.5, 0.6) is 5.75 Å². The van der Waals surface area contributed by atoms with Gasteiger partial charge in [0, 0.05) is 35.1 Å². The fourth-order valence-corrected chi connectivity index (χ4v) is 4.35. The number of para-hydroxylation sites is 2. The number of hydrogen-bond acceptors (Lipinski definition) is 3. The summed E-state index contributed by atoms with van der Waals surface area (Å²) in [6, 6.07) is 19.0. The number of rotatable bonds is 10. The van der Waals surface area contributed by atoms with Crippen molar-refractivity contribution >= 4 is 40.1 Å². The zero-order valence-corrected chi connectivity index (χ0v) is 21.5. The largest absolute Gasteiger partial charge is 0.494 e. The number of imidazole rings is 1. The topological polar surface area (TPSA) is 56.1 Å². The standard InChI is InChI=1S/C28H29Cl2N3O2/c1-19-17-23(18-20(2)27(19)30)35-16-6-15-33-25-8-4-3-7-24(25)32-26(33)9-5-14-31-28(34)21-10-12-22(29)13-11-21/h3-4,7-8,10-13,17-18H,5-6,9,14-16H2,1-2H3,(H,31,34). The molecule has 35 heavy (non-hydrogen) atoms. The van der Waals surface area contributed by atoms with Gasteiger partial charge >= 0.3 is 0 Å². The number of amides is 1. The van der Waals surface area contributed by atoms with E-state index in [4.69, 9.17) is 32.9 Å². The van der Waals surface area contributed by atoms with Crippen LogP contribution >= 0.6 is 23.2 Å². The van der Waals surface area contributed by atoms with E-state index in [0.717, 1.165) is 64.6 Å². The van der Waals surface area contributed by atoms with E-state index in [9.17, 15) is 4.79 Å². The number of nitrogens with one attached hydrogen (secondary N) is 1. The smallest absolute Gasteiger partial charge is 0.251 e. The molecular formula is C28H29Cl2N3O2. The van der Waals surface area contributed by atoms with E-state index in [1.165, 1.54) is 0 Å². The molecule has 0 saturated carbocycles. The fraction of sp³-hybridized carbons (Fsp3) is 0.286. The van der Waals surface area contributed by atoms with Gasteiger partial charge in [0.05, 0.1) is 17.6 Å². The Morgan fingerprint density at radius 3 is 2.46 bits per heavy atom. The lowest BCUT2D eigenvalue weighted by molar-refractivity contribution is 0.0953. The second-order valence-electron chi connectivity index (χ2n) is 8.61. The summed E-state index contributed by atoms with van der Waals surface area (Å²) in [5, 5.41) is 4.38. The molecule has 182 valence electrons.